The van der Waals surface area contributed by atoms with Crippen LogP contribution in [0.5, 0.6) is 0 Å². The predicted molar refractivity (Wildman–Crippen MR) is 94.6 cm³/mol. The van der Waals surface area contributed by atoms with Gasteiger partial charge in [0.2, 0.25) is 11.8 Å². The molecule has 0 unspecified atom stereocenters. The summed E-state index contributed by atoms with van der Waals surface area (Å²) in [6, 6.07) is 6.91. The number of nitrogens with one attached hydrogen (secondary N) is 2. The van der Waals surface area contributed by atoms with Crippen molar-refractivity contribution in [3.8, 4) is 0 Å². The maximum atomic E-state index is 11.8. The van der Waals surface area contributed by atoms with E-state index in [0.717, 1.165) is 5.56 Å². The first-order valence-electron chi connectivity index (χ1n) is 7.53. The Hall–Kier alpha value is -2.60. The van der Waals surface area contributed by atoms with Gasteiger partial charge in [0.05, 0.1) is 6.20 Å². The lowest BCUT2D eigenvalue weighted by Crippen LogP contribution is -2.23. The summed E-state index contributed by atoms with van der Waals surface area (Å²) in [4.78, 5) is 23.4. The van der Waals surface area contributed by atoms with Crippen LogP contribution in [0.15, 0.2) is 42.7 Å². The fraction of sp³-hybridized carbons (Fsp3) is 0.235. The van der Waals surface area contributed by atoms with Crippen molar-refractivity contribution in [3.05, 3.63) is 53.3 Å². The van der Waals surface area contributed by atoms with Gasteiger partial charge in [-0.15, -0.1) is 0 Å². The van der Waals surface area contributed by atoms with E-state index in [9.17, 15) is 9.59 Å². The monoisotopic (exact) mass is 346 g/mol. The molecule has 0 aliphatic carbocycles. The van der Waals surface area contributed by atoms with Crippen LogP contribution in [-0.2, 0) is 16.6 Å². The number of hydrogen-bond donors (Lipinski definition) is 2. The second kappa shape index (κ2) is 8.88. The smallest absolute Gasteiger partial charge is 0.244 e. The molecule has 1 aromatic carbocycles. The number of rotatable bonds is 7. The molecule has 0 aliphatic heterocycles. The molecule has 0 atom stereocenters. The topological polar surface area (TPSA) is 76.0 Å². The molecule has 0 saturated heterocycles. The molecule has 2 rings (SSSR count). The number of amides is 2. The molecule has 0 fully saturated rings. The standard InChI is InChI=1S/C17H19ClN4O2/c1-22-12-13(11-20-22)4-9-16(23)19-10-2-3-17(24)21-15-7-5-14(18)6-8-15/h4-9,11-12H,2-3,10H2,1H3,(H,19,23)(H,21,24)/b9-4-. The zero-order valence-electron chi connectivity index (χ0n) is 13.3. The van der Waals surface area contributed by atoms with Crippen LogP contribution in [0, 0.1) is 0 Å². The van der Waals surface area contributed by atoms with Crippen LogP contribution in [0.1, 0.15) is 18.4 Å². The first kappa shape index (κ1) is 17.7. The van der Waals surface area contributed by atoms with E-state index in [-0.39, 0.29) is 11.8 Å². The number of benzene rings is 1. The maximum absolute atomic E-state index is 11.8. The molecule has 2 aromatic rings. The summed E-state index contributed by atoms with van der Waals surface area (Å²) in [6.45, 7) is 0.435. The Morgan fingerprint density at radius 2 is 2.04 bits per heavy atom. The molecule has 0 aliphatic rings. The van der Waals surface area contributed by atoms with E-state index in [1.165, 1.54) is 6.08 Å². The second-order valence-corrected chi connectivity index (χ2v) is 5.67. The largest absolute Gasteiger partial charge is 0.353 e. The average Bonchev–Trinajstić information content (AvgIpc) is 2.97. The van der Waals surface area contributed by atoms with Crippen molar-refractivity contribution < 1.29 is 9.59 Å². The van der Waals surface area contributed by atoms with E-state index in [1.807, 2.05) is 13.2 Å². The highest BCUT2D eigenvalue weighted by atomic mass is 35.5. The van der Waals surface area contributed by atoms with E-state index < -0.39 is 0 Å². The fourth-order valence-electron chi connectivity index (χ4n) is 1.97. The fourth-order valence-corrected chi connectivity index (χ4v) is 2.10. The Bertz CT molecular complexity index is 722. The number of hydrogen-bond acceptors (Lipinski definition) is 3. The summed E-state index contributed by atoms with van der Waals surface area (Å²) in [5.74, 6) is -0.297. The zero-order valence-corrected chi connectivity index (χ0v) is 14.1. The Kier molecular flexibility index (Phi) is 6.57. The SMILES string of the molecule is Cn1cc(/C=C\C(=O)NCCCC(=O)Nc2ccc(Cl)cc2)cn1. The minimum absolute atomic E-state index is 0.0996. The highest BCUT2D eigenvalue weighted by molar-refractivity contribution is 6.30. The van der Waals surface area contributed by atoms with Gasteiger partial charge in [0, 0.05) is 48.6 Å². The molecule has 2 amide bonds. The van der Waals surface area contributed by atoms with Crippen LogP contribution in [-0.4, -0.2) is 28.1 Å². The third-order valence-corrected chi connectivity index (χ3v) is 3.41. The van der Waals surface area contributed by atoms with Crippen LogP contribution >= 0.6 is 11.6 Å². The Morgan fingerprint density at radius 1 is 1.29 bits per heavy atom. The normalized spacial score (nSPS) is 10.8. The molecule has 7 heteroatoms. The van der Waals surface area contributed by atoms with Crippen molar-refractivity contribution in [1.82, 2.24) is 15.1 Å². The summed E-state index contributed by atoms with van der Waals surface area (Å²) >= 11 is 5.78. The van der Waals surface area contributed by atoms with Crippen molar-refractivity contribution >= 4 is 35.2 Å². The van der Waals surface area contributed by atoms with Gasteiger partial charge in [-0.25, -0.2) is 0 Å². The van der Waals surface area contributed by atoms with Gasteiger partial charge in [0.25, 0.3) is 0 Å². The van der Waals surface area contributed by atoms with Crippen molar-refractivity contribution in [3.63, 3.8) is 0 Å². The average molecular weight is 347 g/mol. The number of halogens is 1. The molecule has 2 N–H and O–H groups in total. The molecule has 0 bridgehead atoms. The van der Waals surface area contributed by atoms with E-state index in [4.69, 9.17) is 11.6 Å². The number of aryl methyl sites for hydroxylation is 1. The summed E-state index contributed by atoms with van der Waals surface area (Å²) in [5.41, 5.74) is 1.56. The molecular formula is C17H19ClN4O2. The van der Waals surface area contributed by atoms with Gasteiger partial charge in [-0.2, -0.15) is 5.10 Å². The summed E-state index contributed by atoms with van der Waals surface area (Å²) < 4.78 is 1.66. The summed E-state index contributed by atoms with van der Waals surface area (Å²) in [6.07, 6.45) is 7.51. The van der Waals surface area contributed by atoms with Crippen LogP contribution < -0.4 is 10.6 Å². The van der Waals surface area contributed by atoms with Crippen LogP contribution in [0.4, 0.5) is 5.69 Å². The quantitative estimate of drug-likeness (QED) is 0.597. The van der Waals surface area contributed by atoms with Crippen molar-refractivity contribution in [2.75, 3.05) is 11.9 Å². The molecule has 24 heavy (non-hydrogen) atoms. The molecule has 1 heterocycles. The third kappa shape index (κ3) is 6.26. The number of carbonyl (C=O) groups excluding carboxylic acids is 2. The number of aromatic nitrogens is 2. The lowest BCUT2D eigenvalue weighted by Gasteiger charge is -2.05. The van der Waals surface area contributed by atoms with Crippen LogP contribution in [0.25, 0.3) is 6.08 Å². The van der Waals surface area contributed by atoms with Gasteiger partial charge in [0.1, 0.15) is 0 Å². The number of carbonyl (C=O) groups is 2. The van der Waals surface area contributed by atoms with Crippen molar-refractivity contribution in [2.45, 2.75) is 12.8 Å². The summed E-state index contributed by atoms with van der Waals surface area (Å²) in [5, 5.41) is 10.1. The highest BCUT2D eigenvalue weighted by Gasteiger charge is 2.03. The van der Waals surface area contributed by atoms with Gasteiger partial charge in [-0.3, -0.25) is 14.3 Å². The number of nitrogens with zero attached hydrogens (tertiary/aromatic N) is 2. The Labute approximate surface area is 145 Å². The van der Waals surface area contributed by atoms with Crippen LogP contribution in [0.2, 0.25) is 5.02 Å². The molecule has 0 radical (unpaired) electrons. The third-order valence-electron chi connectivity index (χ3n) is 3.16. The minimum atomic E-state index is -0.197. The van der Waals surface area contributed by atoms with Crippen LogP contribution in [0.3, 0.4) is 0 Å². The van der Waals surface area contributed by atoms with E-state index >= 15 is 0 Å². The Balaban J connectivity index is 1.63. The molecule has 6 nitrogen and oxygen atoms in total. The zero-order chi connectivity index (χ0) is 17.4. The molecule has 0 spiro atoms. The first-order chi connectivity index (χ1) is 11.5. The predicted octanol–water partition coefficient (Wildman–Crippen LogP) is 2.62. The van der Waals surface area contributed by atoms with Gasteiger partial charge in [-0.1, -0.05) is 11.6 Å². The Morgan fingerprint density at radius 3 is 2.71 bits per heavy atom. The molecular weight excluding hydrogens is 328 g/mol. The minimum Gasteiger partial charge on any atom is -0.353 e. The van der Waals surface area contributed by atoms with Crippen molar-refractivity contribution in [1.29, 1.82) is 0 Å². The molecule has 0 saturated carbocycles. The van der Waals surface area contributed by atoms with E-state index in [0.29, 0.717) is 30.1 Å². The lowest BCUT2D eigenvalue weighted by atomic mass is 10.2. The van der Waals surface area contributed by atoms with E-state index in [2.05, 4.69) is 15.7 Å². The van der Waals surface area contributed by atoms with Crippen molar-refractivity contribution in [2.24, 2.45) is 7.05 Å². The second-order valence-electron chi connectivity index (χ2n) is 5.23. The van der Waals surface area contributed by atoms with Gasteiger partial charge in [0.15, 0.2) is 0 Å². The maximum Gasteiger partial charge on any atom is 0.244 e. The first-order valence-corrected chi connectivity index (χ1v) is 7.91. The van der Waals surface area contributed by atoms with Gasteiger partial charge < -0.3 is 10.6 Å². The molecule has 1 aromatic heterocycles. The van der Waals surface area contributed by atoms with Gasteiger partial charge >= 0.3 is 0 Å². The van der Waals surface area contributed by atoms with Gasteiger partial charge in [-0.05, 0) is 36.8 Å². The summed E-state index contributed by atoms with van der Waals surface area (Å²) in [7, 11) is 1.81. The lowest BCUT2D eigenvalue weighted by molar-refractivity contribution is -0.118. The molecule has 126 valence electrons. The number of anilines is 1. The highest BCUT2D eigenvalue weighted by Crippen LogP contribution is 2.13. The van der Waals surface area contributed by atoms with E-state index in [1.54, 1.807) is 41.2 Å².